The smallest absolute Gasteiger partial charge is 0.223 e. The summed E-state index contributed by atoms with van der Waals surface area (Å²) in [6.45, 7) is 6.57. The number of aryl methyl sites for hydroxylation is 1. The van der Waals surface area contributed by atoms with Crippen molar-refractivity contribution in [2.75, 3.05) is 25.6 Å². The zero-order valence-corrected chi connectivity index (χ0v) is 20.5. The molecule has 1 aliphatic carbocycles. The molecule has 2 aromatic heterocycles. The van der Waals surface area contributed by atoms with Gasteiger partial charge in [-0.05, 0) is 45.7 Å². The highest BCUT2D eigenvalue weighted by molar-refractivity contribution is 6.33. The first kappa shape index (κ1) is 25.3. The van der Waals surface area contributed by atoms with Gasteiger partial charge in [-0.1, -0.05) is 30.9 Å². The van der Waals surface area contributed by atoms with Crippen LogP contribution in [0.5, 0.6) is 0 Å². The number of benzene rings is 1. The van der Waals surface area contributed by atoms with E-state index in [2.05, 4.69) is 38.9 Å². The third kappa shape index (κ3) is 6.19. The molecule has 0 bridgehead atoms. The number of fused-ring (bicyclic) bond motifs is 1. The molecule has 1 saturated carbocycles. The summed E-state index contributed by atoms with van der Waals surface area (Å²) < 4.78 is 21.3. The number of ether oxygens (including phenoxy) is 1. The fraction of sp³-hybridized carbons (Fsp3) is 0.542. The largest absolute Gasteiger partial charge is 0.394 e. The summed E-state index contributed by atoms with van der Waals surface area (Å²) in [4.78, 5) is 13.3. The first-order chi connectivity index (χ1) is 15.8. The Hall–Kier alpha value is -2.29. The Morgan fingerprint density at radius 3 is 2.58 bits per heavy atom. The Kier molecular flexibility index (Phi) is 9.00. The van der Waals surface area contributed by atoms with Crippen molar-refractivity contribution in [2.24, 2.45) is 0 Å². The number of hydrogen-bond donors (Lipinski definition) is 2. The van der Waals surface area contributed by atoms with E-state index in [1.807, 2.05) is 17.6 Å². The minimum Gasteiger partial charge on any atom is -0.394 e. The number of aromatic nitrogens is 4. The second-order valence-electron chi connectivity index (χ2n) is 8.53. The number of hydrogen-bond acceptors (Lipinski definition) is 6. The van der Waals surface area contributed by atoms with Gasteiger partial charge in [0.05, 0.1) is 35.6 Å². The van der Waals surface area contributed by atoms with Crippen LogP contribution in [-0.2, 0) is 4.74 Å². The third-order valence-electron chi connectivity index (χ3n) is 5.69. The molecule has 1 aromatic carbocycles. The second-order valence-corrected chi connectivity index (χ2v) is 8.94. The molecule has 1 fully saturated rings. The monoisotopic (exact) mass is 477 g/mol. The van der Waals surface area contributed by atoms with E-state index in [0.29, 0.717) is 40.4 Å². The maximum Gasteiger partial charge on any atom is 0.223 e. The van der Waals surface area contributed by atoms with E-state index in [1.54, 1.807) is 13.3 Å². The molecule has 33 heavy (non-hydrogen) atoms. The van der Waals surface area contributed by atoms with Crippen molar-refractivity contribution in [2.45, 2.75) is 65.0 Å². The number of rotatable bonds is 6. The number of aliphatic hydroxyl groups is 1. The van der Waals surface area contributed by atoms with E-state index >= 15 is 0 Å². The van der Waals surface area contributed by atoms with Gasteiger partial charge < -0.3 is 19.7 Å². The summed E-state index contributed by atoms with van der Waals surface area (Å²) in [5.41, 5.74) is 2.29. The molecule has 0 atom stereocenters. The van der Waals surface area contributed by atoms with Crippen molar-refractivity contribution in [3.8, 4) is 11.3 Å². The van der Waals surface area contributed by atoms with Gasteiger partial charge in [0, 0.05) is 24.8 Å². The number of halogens is 2. The number of nitrogens with zero attached hydrogens (tertiary/aromatic N) is 4. The number of methoxy groups -OCH3 is 1. The first-order valence-corrected chi connectivity index (χ1v) is 11.8. The van der Waals surface area contributed by atoms with E-state index < -0.39 is 0 Å². The standard InChI is InChI=1S/C21H25ClFN5.C3H8O2/c1-12(2)28-13(3)25-20-17(23)9-14(10-18(20)28)19-16(22)11-24-21(27-19)26-15-7-5-4-6-8-15;1-5-3-2-4/h9-12,15H,4-8H2,1-3H3,(H,24,26,27);4H,2-3H2,1H3. The van der Waals surface area contributed by atoms with Crippen molar-refractivity contribution >= 4 is 28.6 Å². The molecule has 7 nitrogen and oxygen atoms in total. The van der Waals surface area contributed by atoms with E-state index in [0.717, 1.165) is 24.2 Å². The van der Waals surface area contributed by atoms with Gasteiger partial charge in [0.15, 0.2) is 5.82 Å². The molecule has 0 saturated heterocycles. The van der Waals surface area contributed by atoms with Crippen LogP contribution < -0.4 is 5.32 Å². The van der Waals surface area contributed by atoms with Crippen LogP contribution in [-0.4, -0.2) is 51.0 Å². The van der Waals surface area contributed by atoms with Crippen LogP contribution in [0, 0.1) is 12.7 Å². The van der Waals surface area contributed by atoms with Gasteiger partial charge in [0.2, 0.25) is 5.95 Å². The topological polar surface area (TPSA) is 85.1 Å². The van der Waals surface area contributed by atoms with Gasteiger partial charge in [-0.15, -0.1) is 0 Å². The molecule has 0 radical (unpaired) electrons. The maximum absolute atomic E-state index is 14.8. The Labute approximate surface area is 199 Å². The van der Waals surface area contributed by atoms with Crippen LogP contribution in [0.25, 0.3) is 22.3 Å². The highest BCUT2D eigenvalue weighted by Crippen LogP contribution is 2.32. The quantitative estimate of drug-likeness (QED) is 0.484. The van der Waals surface area contributed by atoms with E-state index in [1.165, 1.54) is 25.3 Å². The van der Waals surface area contributed by atoms with Gasteiger partial charge in [0.1, 0.15) is 11.3 Å². The van der Waals surface area contributed by atoms with Crippen molar-refractivity contribution in [3.63, 3.8) is 0 Å². The molecule has 0 spiro atoms. The van der Waals surface area contributed by atoms with Crippen molar-refractivity contribution < 1.29 is 14.2 Å². The Bertz CT molecular complexity index is 1060. The summed E-state index contributed by atoms with van der Waals surface area (Å²) in [6, 6.07) is 3.92. The Morgan fingerprint density at radius 1 is 1.24 bits per heavy atom. The van der Waals surface area contributed by atoms with Crippen LogP contribution in [0.2, 0.25) is 5.02 Å². The zero-order valence-electron chi connectivity index (χ0n) is 19.7. The molecule has 4 rings (SSSR count). The normalized spacial score (nSPS) is 14.4. The molecule has 2 heterocycles. The molecular formula is C24H33ClFN5O2. The lowest BCUT2D eigenvalue weighted by Gasteiger charge is -2.22. The molecular weight excluding hydrogens is 445 g/mol. The van der Waals surface area contributed by atoms with Crippen LogP contribution >= 0.6 is 11.6 Å². The van der Waals surface area contributed by atoms with Gasteiger partial charge in [-0.25, -0.2) is 19.3 Å². The number of aliphatic hydroxyl groups excluding tert-OH is 1. The predicted molar refractivity (Wildman–Crippen MR) is 130 cm³/mol. The highest BCUT2D eigenvalue weighted by atomic mass is 35.5. The van der Waals surface area contributed by atoms with Crippen LogP contribution in [0.3, 0.4) is 0 Å². The molecule has 0 unspecified atom stereocenters. The van der Waals surface area contributed by atoms with Gasteiger partial charge in [-0.3, -0.25) is 0 Å². The molecule has 180 valence electrons. The third-order valence-corrected chi connectivity index (χ3v) is 5.97. The SMILES string of the molecule is COCCO.Cc1nc2c(F)cc(-c3nc(NC4CCCCC4)ncc3Cl)cc2n1C(C)C. The molecule has 0 aliphatic heterocycles. The van der Waals surface area contributed by atoms with Gasteiger partial charge >= 0.3 is 0 Å². The van der Waals surface area contributed by atoms with Crippen LogP contribution in [0.1, 0.15) is 57.8 Å². The lowest BCUT2D eigenvalue weighted by Crippen LogP contribution is -2.23. The molecule has 9 heteroatoms. The minimum atomic E-state index is -0.369. The van der Waals surface area contributed by atoms with Crippen molar-refractivity contribution in [1.82, 2.24) is 19.5 Å². The average Bonchev–Trinajstić information content (AvgIpc) is 3.13. The molecule has 3 aromatic rings. The number of imidazole rings is 1. The van der Waals surface area contributed by atoms with Crippen LogP contribution in [0.15, 0.2) is 18.3 Å². The predicted octanol–water partition coefficient (Wildman–Crippen LogP) is 5.54. The first-order valence-electron chi connectivity index (χ1n) is 11.4. The van der Waals surface area contributed by atoms with E-state index in [4.69, 9.17) is 16.7 Å². The molecule has 2 N–H and O–H groups in total. The lowest BCUT2D eigenvalue weighted by atomic mass is 9.96. The van der Waals surface area contributed by atoms with Gasteiger partial charge in [0.25, 0.3) is 0 Å². The molecule has 0 amide bonds. The Balaban J connectivity index is 0.000000555. The van der Waals surface area contributed by atoms with Crippen molar-refractivity contribution in [1.29, 1.82) is 0 Å². The van der Waals surface area contributed by atoms with E-state index in [-0.39, 0.29) is 18.5 Å². The van der Waals surface area contributed by atoms with Gasteiger partial charge in [-0.2, -0.15) is 0 Å². The summed E-state index contributed by atoms with van der Waals surface area (Å²) in [6.07, 6.45) is 7.55. The Morgan fingerprint density at radius 2 is 1.97 bits per heavy atom. The fourth-order valence-corrected chi connectivity index (χ4v) is 4.42. The summed E-state index contributed by atoms with van der Waals surface area (Å²) in [7, 11) is 1.55. The highest BCUT2D eigenvalue weighted by Gasteiger charge is 2.19. The minimum absolute atomic E-state index is 0.122. The maximum atomic E-state index is 14.8. The van der Waals surface area contributed by atoms with Crippen LogP contribution in [0.4, 0.5) is 10.3 Å². The lowest BCUT2D eigenvalue weighted by molar-refractivity contribution is 0.135. The zero-order chi connectivity index (χ0) is 24.0. The van der Waals surface area contributed by atoms with Crippen molar-refractivity contribution in [3.05, 3.63) is 35.0 Å². The van der Waals surface area contributed by atoms with E-state index in [9.17, 15) is 4.39 Å². The summed E-state index contributed by atoms with van der Waals surface area (Å²) in [5.74, 6) is 0.960. The number of anilines is 1. The fourth-order valence-electron chi connectivity index (χ4n) is 4.22. The molecule has 1 aliphatic rings. The summed E-state index contributed by atoms with van der Waals surface area (Å²) >= 11 is 6.39. The number of nitrogens with one attached hydrogen (secondary N) is 1. The second kappa shape index (κ2) is 11.7. The average molecular weight is 478 g/mol. The summed E-state index contributed by atoms with van der Waals surface area (Å²) in [5, 5.41) is 11.8.